The first-order valence-corrected chi connectivity index (χ1v) is 12.9. The highest BCUT2D eigenvalue weighted by Gasteiger charge is 2.37. The fraction of sp³-hybridized carbons (Fsp3) is 0.464. The van der Waals surface area contributed by atoms with Crippen LogP contribution in [0, 0.1) is 5.92 Å². The molecule has 7 heteroatoms. The molecule has 0 radical (unpaired) electrons. The molecule has 6 rings (SSSR count). The molecule has 2 aliphatic heterocycles. The van der Waals surface area contributed by atoms with Gasteiger partial charge in [0, 0.05) is 56.4 Å². The van der Waals surface area contributed by atoms with Crippen LogP contribution in [0.1, 0.15) is 60.5 Å². The highest BCUT2D eigenvalue weighted by Crippen LogP contribution is 2.41. The van der Waals surface area contributed by atoms with Gasteiger partial charge in [-0.25, -0.2) is 4.98 Å². The van der Waals surface area contributed by atoms with Crippen molar-refractivity contribution in [3.05, 3.63) is 53.9 Å². The van der Waals surface area contributed by atoms with Crippen LogP contribution in [0.15, 0.2) is 42.7 Å². The van der Waals surface area contributed by atoms with Crippen LogP contribution in [0.3, 0.4) is 0 Å². The number of nitrogens with one attached hydrogen (secondary N) is 1. The standard InChI is InChI=1S/C28H33N5O2/c1-32(2)26-20-11-14-29-27(33-15-12-18-7-3-5-9-23(18)33)25(20)30-17-21(26)28(34)31-22-13-16-35-24-10-6-4-8-19(22)24/h4,6,8,10-11,14,17-18,22-23H,3,5,7,9,12-13,15-16H2,1-2H3,(H,31,34)/t18-,22+,23-/m1/s1. The van der Waals surface area contributed by atoms with E-state index in [1.165, 1.54) is 32.1 Å². The number of pyridine rings is 2. The lowest BCUT2D eigenvalue weighted by atomic mass is 9.85. The van der Waals surface area contributed by atoms with Crippen LogP contribution < -0.4 is 19.9 Å². The number of ether oxygens (including phenoxy) is 1. The normalized spacial score (nSPS) is 23.4. The zero-order chi connectivity index (χ0) is 23.9. The number of benzene rings is 1. The van der Waals surface area contributed by atoms with Crippen LogP contribution in [0.25, 0.3) is 10.9 Å². The van der Waals surface area contributed by atoms with Crippen LogP contribution in [-0.4, -0.2) is 49.2 Å². The molecule has 4 heterocycles. The second-order valence-electron chi connectivity index (χ2n) is 10.2. The van der Waals surface area contributed by atoms with E-state index in [-0.39, 0.29) is 11.9 Å². The Labute approximate surface area is 206 Å². The third-order valence-electron chi connectivity index (χ3n) is 7.98. The van der Waals surface area contributed by atoms with Gasteiger partial charge in [0.1, 0.15) is 11.3 Å². The molecule has 7 nitrogen and oxygen atoms in total. The third kappa shape index (κ3) is 3.87. The van der Waals surface area contributed by atoms with Crippen molar-refractivity contribution in [2.45, 2.75) is 50.6 Å². The Hall–Kier alpha value is -3.35. The third-order valence-corrected chi connectivity index (χ3v) is 7.98. The van der Waals surface area contributed by atoms with Gasteiger partial charge in [-0.1, -0.05) is 31.0 Å². The molecule has 2 aromatic heterocycles. The van der Waals surface area contributed by atoms with Crippen LogP contribution in [0.5, 0.6) is 5.75 Å². The van der Waals surface area contributed by atoms with E-state index in [1.54, 1.807) is 6.20 Å². The first-order valence-electron chi connectivity index (χ1n) is 12.9. The van der Waals surface area contributed by atoms with Gasteiger partial charge in [0.2, 0.25) is 0 Å². The lowest BCUT2D eigenvalue weighted by Crippen LogP contribution is -2.35. The van der Waals surface area contributed by atoms with Crippen molar-refractivity contribution in [2.24, 2.45) is 5.92 Å². The highest BCUT2D eigenvalue weighted by atomic mass is 16.5. The fourth-order valence-electron chi connectivity index (χ4n) is 6.35. The number of rotatable bonds is 4. The van der Waals surface area contributed by atoms with E-state index in [2.05, 4.69) is 10.2 Å². The molecule has 3 aliphatic rings. The van der Waals surface area contributed by atoms with Crippen molar-refractivity contribution in [3.8, 4) is 5.75 Å². The quantitative estimate of drug-likeness (QED) is 0.594. The molecule has 1 saturated heterocycles. The number of aromatic nitrogens is 2. The molecule has 1 amide bonds. The maximum Gasteiger partial charge on any atom is 0.255 e. The van der Waals surface area contributed by atoms with Gasteiger partial charge in [0.05, 0.1) is 23.9 Å². The Kier molecular flexibility index (Phi) is 5.71. The van der Waals surface area contributed by atoms with Crippen molar-refractivity contribution >= 4 is 28.3 Å². The van der Waals surface area contributed by atoms with Gasteiger partial charge >= 0.3 is 0 Å². The average molecular weight is 472 g/mol. The van der Waals surface area contributed by atoms with Crippen LogP contribution in [-0.2, 0) is 0 Å². The molecule has 182 valence electrons. The second-order valence-corrected chi connectivity index (χ2v) is 10.2. The van der Waals surface area contributed by atoms with E-state index < -0.39 is 0 Å². The monoisotopic (exact) mass is 471 g/mol. The first kappa shape index (κ1) is 22.1. The summed E-state index contributed by atoms with van der Waals surface area (Å²) in [6, 6.07) is 10.4. The summed E-state index contributed by atoms with van der Waals surface area (Å²) >= 11 is 0. The number of carbonyl (C=O) groups excluding carboxylic acids is 1. The topological polar surface area (TPSA) is 70.6 Å². The van der Waals surface area contributed by atoms with Crippen molar-refractivity contribution in [1.82, 2.24) is 15.3 Å². The maximum absolute atomic E-state index is 13.6. The lowest BCUT2D eigenvalue weighted by Gasteiger charge is -2.33. The largest absolute Gasteiger partial charge is 0.493 e. The molecule has 3 aromatic rings. The average Bonchev–Trinajstić information content (AvgIpc) is 3.31. The zero-order valence-electron chi connectivity index (χ0n) is 20.5. The van der Waals surface area contributed by atoms with Crippen LogP contribution in [0.4, 0.5) is 11.5 Å². The molecular formula is C28H33N5O2. The van der Waals surface area contributed by atoms with E-state index in [9.17, 15) is 4.79 Å². The van der Waals surface area contributed by atoms with Crippen LogP contribution in [0.2, 0.25) is 0 Å². The van der Waals surface area contributed by atoms with Crippen molar-refractivity contribution in [3.63, 3.8) is 0 Å². The number of hydrogen-bond donors (Lipinski definition) is 1. The summed E-state index contributed by atoms with van der Waals surface area (Å²) in [4.78, 5) is 27.7. The van der Waals surface area contributed by atoms with E-state index in [4.69, 9.17) is 14.7 Å². The van der Waals surface area contributed by atoms with Crippen molar-refractivity contribution < 1.29 is 9.53 Å². The zero-order valence-corrected chi connectivity index (χ0v) is 20.5. The molecule has 0 bridgehead atoms. The molecular weight excluding hydrogens is 438 g/mol. The number of hydrogen-bond acceptors (Lipinski definition) is 6. The van der Waals surface area contributed by atoms with Gasteiger partial charge in [0.25, 0.3) is 5.91 Å². The first-order chi connectivity index (χ1) is 17.1. The number of amides is 1. The van der Waals surface area contributed by atoms with E-state index in [0.717, 1.165) is 52.6 Å². The highest BCUT2D eigenvalue weighted by molar-refractivity contribution is 6.09. The van der Waals surface area contributed by atoms with E-state index >= 15 is 0 Å². The Balaban J connectivity index is 1.36. The van der Waals surface area contributed by atoms with Gasteiger partial charge in [-0.3, -0.25) is 9.78 Å². The molecule has 1 aliphatic carbocycles. The number of fused-ring (bicyclic) bond motifs is 3. The summed E-state index contributed by atoms with van der Waals surface area (Å²) in [7, 11) is 3.98. The molecule has 0 unspecified atom stereocenters. The van der Waals surface area contributed by atoms with Gasteiger partial charge in [-0.05, 0) is 37.3 Å². The van der Waals surface area contributed by atoms with Crippen LogP contribution >= 0.6 is 0 Å². The van der Waals surface area contributed by atoms with Crippen molar-refractivity contribution in [2.75, 3.05) is 37.0 Å². The second kappa shape index (κ2) is 9.02. The Morgan fingerprint density at radius 2 is 1.94 bits per heavy atom. The minimum absolute atomic E-state index is 0.0843. The van der Waals surface area contributed by atoms with Gasteiger partial charge in [-0.2, -0.15) is 0 Å². The summed E-state index contributed by atoms with van der Waals surface area (Å²) in [5.74, 6) is 2.46. The summed E-state index contributed by atoms with van der Waals surface area (Å²) in [6.45, 7) is 1.62. The summed E-state index contributed by atoms with van der Waals surface area (Å²) < 4.78 is 5.78. The Bertz CT molecular complexity index is 1260. The Morgan fingerprint density at radius 1 is 1.09 bits per heavy atom. The lowest BCUT2D eigenvalue weighted by molar-refractivity contribution is 0.0925. The fourth-order valence-corrected chi connectivity index (χ4v) is 6.35. The summed E-state index contributed by atoms with van der Waals surface area (Å²) in [5.41, 5.74) is 3.38. The SMILES string of the molecule is CN(C)c1c(C(=O)N[C@H]2CCOc3ccccc32)cnc2c(N3CC[C@H]4CCCC[C@H]43)nccc12. The molecule has 1 saturated carbocycles. The Morgan fingerprint density at radius 3 is 2.83 bits per heavy atom. The van der Waals surface area contributed by atoms with Gasteiger partial charge in [-0.15, -0.1) is 0 Å². The van der Waals surface area contributed by atoms with Crippen molar-refractivity contribution in [1.29, 1.82) is 0 Å². The van der Waals surface area contributed by atoms with E-state index in [1.807, 2.05) is 55.5 Å². The smallest absolute Gasteiger partial charge is 0.255 e. The number of nitrogens with zero attached hydrogens (tertiary/aromatic N) is 4. The molecule has 1 aromatic carbocycles. The molecule has 35 heavy (non-hydrogen) atoms. The molecule has 3 atom stereocenters. The number of carbonyl (C=O) groups is 1. The number of anilines is 2. The van der Waals surface area contributed by atoms with E-state index in [0.29, 0.717) is 18.2 Å². The molecule has 1 N–H and O–H groups in total. The minimum Gasteiger partial charge on any atom is -0.493 e. The summed E-state index contributed by atoms with van der Waals surface area (Å²) in [5, 5.41) is 4.22. The van der Waals surface area contributed by atoms with Gasteiger partial charge in [0.15, 0.2) is 5.82 Å². The summed E-state index contributed by atoms with van der Waals surface area (Å²) in [6.07, 6.45) is 10.8. The van der Waals surface area contributed by atoms with Gasteiger partial charge < -0.3 is 19.9 Å². The predicted molar refractivity (Wildman–Crippen MR) is 138 cm³/mol. The molecule has 0 spiro atoms. The number of para-hydroxylation sites is 1. The predicted octanol–water partition coefficient (Wildman–Crippen LogP) is 4.72. The maximum atomic E-state index is 13.6. The molecule has 2 fully saturated rings. The minimum atomic E-state index is -0.114.